The number of carboxylic acid groups (broad SMARTS) is 1. The van der Waals surface area contributed by atoms with Gasteiger partial charge in [-0.25, -0.2) is 9.59 Å². The smallest absolute Gasteiger partial charge is 0.408 e. The van der Waals surface area contributed by atoms with Gasteiger partial charge in [-0.1, -0.05) is 30.3 Å². The predicted octanol–water partition coefficient (Wildman–Crippen LogP) is 2.53. The highest BCUT2D eigenvalue weighted by atomic mass is 16.6. The summed E-state index contributed by atoms with van der Waals surface area (Å²) >= 11 is 0. The molecule has 0 saturated carbocycles. The number of nitrogens with one attached hydrogen (secondary N) is 2. The third kappa shape index (κ3) is 8.83. The second kappa shape index (κ2) is 9.15. The summed E-state index contributed by atoms with van der Waals surface area (Å²) in [6, 6.07) is 9.02. The zero-order valence-corrected chi connectivity index (χ0v) is 14.0. The fraction of sp³-hybridized carbons (Fsp3) is 0.529. The van der Waals surface area contributed by atoms with E-state index < -0.39 is 23.7 Å². The Hall–Kier alpha value is -2.08. The van der Waals surface area contributed by atoms with Crippen LogP contribution in [0.5, 0.6) is 0 Å². The Labute approximate surface area is 137 Å². The summed E-state index contributed by atoms with van der Waals surface area (Å²) in [5.41, 5.74) is 0.527. The third-order valence-electron chi connectivity index (χ3n) is 3.01. The van der Waals surface area contributed by atoms with Crippen molar-refractivity contribution in [2.24, 2.45) is 0 Å². The van der Waals surface area contributed by atoms with Crippen molar-refractivity contribution >= 4 is 12.1 Å². The van der Waals surface area contributed by atoms with Gasteiger partial charge in [0.15, 0.2) is 0 Å². The van der Waals surface area contributed by atoms with Crippen LogP contribution in [-0.4, -0.2) is 35.4 Å². The second-order valence-electron chi connectivity index (χ2n) is 6.34. The summed E-state index contributed by atoms with van der Waals surface area (Å²) in [6.45, 7) is 6.61. The lowest BCUT2D eigenvalue weighted by molar-refractivity contribution is -0.139. The summed E-state index contributed by atoms with van der Waals surface area (Å²) in [5, 5.41) is 14.8. The van der Waals surface area contributed by atoms with Crippen molar-refractivity contribution in [3.63, 3.8) is 0 Å². The molecule has 3 N–H and O–H groups in total. The molecule has 23 heavy (non-hydrogen) atoms. The SMILES string of the molecule is CC(C)(C)OC(=O)NC(CCCNCc1ccccc1)C(=O)O. The number of rotatable bonds is 8. The lowest BCUT2D eigenvalue weighted by Gasteiger charge is -2.22. The summed E-state index contributed by atoms with van der Waals surface area (Å²) in [6.07, 6.45) is 0.276. The number of carboxylic acids is 1. The first-order valence-corrected chi connectivity index (χ1v) is 7.75. The van der Waals surface area contributed by atoms with Crippen LogP contribution in [-0.2, 0) is 16.1 Å². The fourth-order valence-corrected chi connectivity index (χ4v) is 1.97. The van der Waals surface area contributed by atoms with E-state index in [1.165, 1.54) is 5.56 Å². The first kappa shape index (κ1) is 19.0. The molecule has 1 atom stereocenters. The maximum absolute atomic E-state index is 11.6. The molecule has 0 saturated heterocycles. The standard InChI is InChI=1S/C17H26N2O4/c1-17(2,3)23-16(22)19-14(15(20)21)10-7-11-18-12-13-8-5-4-6-9-13/h4-6,8-9,14,18H,7,10-12H2,1-3H3,(H,19,22)(H,20,21). The highest BCUT2D eigenvalue weighted by molar-refractivity contribution is 5.79. The Morgan fingerprint density at radius 1 is 1.22 bits per heavy atom. The minimum absolute atomic E-state index is 0.344. The van der Waals surface area contributed by atoms with Crippen molar-refractivity contribution in [2.75, 3.05) is 6.54 Å². The average Bonchev–Trinajstić information content (AvgIpc) is 2.44. The van der Waals surface area contributed by atoms with Crippen LogP contribution in [0.1, 0.15) is 39.2 Å². The highest BCUT2D eigenvalue weighted by Gasteiger charge is 2.23. The van der Waals surface area contributed by atoms with Crippen LogP contribution in [0, 0.1) is 0 Å². The first-order chi connectivity index (χ1) is 10.8. The van der Waals surface area contributed by atoms with Crippen LogP contribution in [0.15, 0.2) is 30.3 Å². The summed E-state index contributed by atoms with van der Waals surface area (Å²) in [4.78, 5) is 22.8. The van der Waals surface area contributed by atoms with E-state index in [0.717, 1.165) is 6.54 Å². The van der Waals surface area contributed by atoms with Gasteiger partial charge in [0, 0.05) is 6.54 Å². The largest absolute Gasteiger partial charge is 0.480 e. The summed E-state index contributed by atoms with van der Waals surface area (Å²) in [7, 11) is 0. The lowest BCUT2D eigenvalue weighted by Crippen LogP contribution is -2.43. The average molecular weight is 322 g/mol. The first-order valence-electron chi connectivity index (χ1n) is 7.75. The van der Waals surface area contributed by atoms with Crippen molar-refractivity contribution in [1.82, 2.24) is 10.6 Å². The van der Waals surface area contributed by atoms with Gasteiger partial charge in [0.2, 0.25) is 0 Å². The molecule has 0 aliphatic heterocycles. The van der Waals surface area contributed by atoms with Crippen LogP contribution >= 0.6 is 0 Å². The van der Waals surface area contributed by atoms with Gasteiger partial charge in [-0.2, -0.15) is 0 Å². The molecule has 1 unspecified atom stereocenters. The zero-order chi connectivity index (χ0) is 17.3. The van der Waals surface area contributed by atoms with Crippen LogP contribution < -0.4 is 10.6 Å². The van der Waals surface area contributed by atoms with E-state index in [1.807, 2.05) is 30.3 Å². The molecule has 0 aromatic heterocycles. The summed E-state index contributed by atoms with van der Waals surface area (Å²) in [5.74, 6) is -1.06. The number of amides is 1. The Bertz CT molecular complexity index is 497. The van der Waals surface area contributed by atoms with Gasteiger partial charge in [-0.3, -0.25) is 0 Å². The lowest BCUT2D eigenvalue weighted by atomic mass is 10.1. The number of hydrogen-bond acceptors (Lipinski definition) is 4. The molecular formula is C17H26N2O4. The molecule has 1 aromatic carbocycles. The zero-order valence-electron chi connectivity index (χ0n) is 14.0. The quantitative estimate of drug-likeness (QED) is 0.640. The molecule has 0 fully saturated rings. The molecule has 0 heterocycles. The van der Waals surface area contributed by atoms with Gasteiger partial charge < -0.3 is 20.5 Å². The minimum Gasteiger partial charge on any atom is -0.480 e. The third-order valence-corrected chi connectivity index (χ3v) is 3.01. The summed E-state index contributed by atoms with van der Waals surface area (Å²) < 4.78 is 5.07. The molecular weight excluding hydrogens is 296 g/mol. The molecule has 6 heteroatoms. The molecule has 1 amide bonds. The highest BCUT2D eigenvalue weighted by Crippen LogP contribution is 2.07. The van der Waals surface area contributed by atoms with Crippen molar-refractivity contribution < 1.29 is 19.4 Å². The molecule has 6 nitrogen and oxygen atoms in total. The van der Waals surface area contributed by atoms with Crippen LogP contribution in [0.2, 0.25) is 0 Å². The normalized spacial score (nSPS) is 12.5. The molecule has 0 aliphatic carbocycles. The van der Waals surface area contributed by atoms with Crippen molar-refractivity contribution in [3.05, 3.63) is 35.9 Å². The van der Waals surface area contributed by atoms with E-state index in [4.69, 9.17) is 9.84 Å². The van der Waals surface area contributed by atoms with Crippen LogP contribution in [0.3, 0.4) is 0 Å². The van der Waals surface area contributed by atoms with Gasteiger partial charge in [0.1, 0.15) is 11.6 Å². The predicted molar refractivity (Wildman–Crippen MR) is 88.2 cm³/mol. The Morgan fingerprint density at radius 2 is 1.87 bits per heavy atom. The number of carbonyl (C=O) groups is 2. The number of benzene rings is 1. The van der Waals surface area contributed by atoms with Gasteiger partial charge in [0.25, 0.3) is 0 Å². The van der Waals surface area contributed by atoms with Gasteiger partial charge in [0.05, 0.1) is 0 Å². The monoisotopic (exact) mass is 322 g/mol. The van der Waals surface area contributed by atoms with Gasteiger partial charge >= 0.3 is 12.1 Å². The van der Waals surface area contributed by atoms with E-state index in [-0.39, 0.29) is 0 Å². The molecule has 1 aromatic rings. The molecule has 0 radical (unpaired) electrons. The van der Waals surface area contributed by atoms with E-state index in [9.17, 15) is 9.59 Å². The van der Waals surface area contributed by atoms with E-state index in [1.54, 1.807) is 20.8 Å². The van der Waals surface area contributed by atoms with E-state index in [2.05, 4.69) is 10.6 Å². The number of aliphatic carboxylic acids is 1. The van der Waals surface area contributed by atoms with Crippen LogP contribution in [0.25, 0.3) is 0 Å². The van der Waals surface area contributed by atoms with Crippen molar-refractivity contribution in [1.29, 1.82) is 0 Å². The van der Waals surface area contributed by atoms with E-state index >= 15 is 0 Å². The maximum Gasteiger partial charge on any atom is 0.408 e. The van der Waals surface area contributed by atoms with Crippen LogP contribution in [0.4, 0.5) is 4.79 Å². The molecule has 1 rings (SSSR count). The van der Waals surface area contributed by atoms with Gasteiger partial charge in [-0.15, -0.1) is 0 Å². The second-order valence-corrected chi connectivity index (χ2v) is 6.34. The number of carbonyl (C=O) groups excluding carboxylic acids is 1. The van der Waals surface area contributed by atoms with E-state index in [0.29, 0.717) is 19.4 Å². The Kier molecular flexibility index (Phi) is 7.54. The molecule has 128 valence electrons. The topological polar surface area (TPSA) is 87.7 Å². The minimum atomic E-state index is -1.06. The maximum atomic E-state index is 11.6. The Morgan fingerprint density at radius 3 is 2.43 bits per heavy atom. The van der Waals surface area contributed by atoms with Crippen molar-refractivity contribution in [3.8, 4) is 0 Å². The Balaban J connectivity index is 2.28. The van der Waals surface area contributed by atoms with Crippen molar-refractivity contribution in [2.45, 2.75) is 51.8 Å². The fourth-order valence-electron chi connectivity index (χ4n) is 1.97. The number of alkyl carbamates (subject to hydrolysis) is 1. The molecule has 0 spiro atoms. The number of hydrogen-bond donors (Lipinski definition) is 3. The number of ether oxygens (including phenoxy) is 1. The van der Waals surface area contributed by atoms with Gasteiger partial charge in [-0.05, 0) is 45.7 Å². The molecule has 0 bridgehead atoms. The molecule has 0 aliphatic rings.